The van der Waals surface area contributed by atoms with Gasteiger partial charge in [0.15, 0.2) is 0 Å². The smallest absolute Gasteiger partial charge is 0.324 e. The van der Waals surface area contributed by atoms with Crippen LogP contribution in [0.15, 0.2) is 54.7 Å². The third-order valence-corrected chi connectivity index (χ3v) is 13.4. The van der Waals surface area contributed by atoms with Crippen molar-refractivity contribution < 1.29 is 38.6 Å². The molecule has 16 heteroatoms. The van der Waals surface area contributed by atoms with Gasteiger partial charge in [-0.1, -0.05) is 45.7 Å². The molecule has 368 valence electrons. The van der Waals surface area contributed by atoms with Crippen molar-refractivity contribution >= 4 is 40.5 Å². The molecule has 0 radical (unpaired) electrons. The molecule has 69 heavy (non-hydrogen) atoms. The Labute approximate surface area is 405 Å². The standard InChI is InChI=1S/C53H68N8O8/c1-10-60-45-18-17-35-28-40(45)41(48(60)39-14-11-20-54-44(39)31-68-9)29-53(4,5)32-69-52(67)42-15-12-22-61(56-42)51(66)43(26-34-24-37(35)27-38(62)25-34)55-49(64)47(33(2)3)58(8)50(65)36-19-23-59(30-36)46(63)16-13-21-57(6)7/h11,14,17-18,20,24-25,27-28,33,36,42-43,47,56,62H,10,12,15,19,21-23,26,29-32H2,1-9H3,(H,55,64)/t36-,42-,43-,47+/m0/s1. The number of phenols is 1. The minimum Gasteiger partial charge on any atom is -0.508 e. The van der Waals surface area contributed by atoms with E-state index in [1.807, 2.05) is 51.0 Å². The van der Waals surface area contributed by atoms with Crippen molar-refractivity contribution in [1.29, 1.82) is 0 Å². The second kappa shape index (κ2) is 21.6. The predicted molar refractivity (Wildman–Crippen MR) is 263 cm³/mol. The number of hydrogen-bond donors (Lipinski definition) is 3. The van der Waals surface area contributed by atoms with Crippen LogP contribution in [0.5, 0.6) is 5.75 Å². The van der Waals surface area contributed by atoms with Crippen molar-refractivity contribution in [3.63, 3.8) is 0 Å². The van der Waals surface area contributed by atoms with Gasteiger partial charge in [-0.05, 0) is 117 Å². The molecule has 4 amide bonds. The predicted octanol–water partition coefficient (Wildman–Crippen LogP) is 4.79. The van der Waals surface area contributed by atoms with E-state index in [1.54, 1.807) is 37.4 Å². The largest absolute Gasteiger partial charge is 0.508 e. The number of methoxy groups -OCH3 is 1. The molecule has 2 saturated heterocycles. The fourth-order valence-corrected chi connectivity index (χ4v) is 10.0. The molecule has 0 aliphatic carbocycles. The summed E-state index contributed by atoms with van der Waals surface area (Å²) in [6.45, 7) is 12.3. The van der Waals surface area contributed by atoms with Gasteiger partial charge in [0, 0.05) is 74.8 Å². The number of likely N-dealkylation sites (tertiary alicyclic amines) is 1. The highest BCUT2D eigenvalue weighted by molar-refractivity contribution is 5.97. The highest BCUT2D eigenvalue weighted by Crippen LogP contribution is 2.41. The highest BCUT2D eigenvalue weighted by Gasteiger charge is 2.40. The van der Waals surface area contributed by atoms with Crippen LogP contribution in [0.25, 0.3) is 33.3 Å². The minimum absolute atomic E-state index is 0.0145. The van der Waals surface area contributed by atoms with Crippen LogP contribution < -0.4 is 10.7 Å². The van der Waals surface area contributed by atoms with Gasteiger partial charge >= 0.3 is 5.97 Å². The quantitative estimate of drug-likeness (QED) is 0.147. The van der Waals surface area contributed by atoms with E-state index in [4.69, 9.17) is 14.5 Å². The maximum absolute atomic E-state index is 14.8. The van der Waals surface area contributed by atoms with Gasteiger partial charge in [-0.3, -0.25) is 38.9 Å². The number of hydrazine groups is 1. The molecule has 4 aromatic rings. The molecule has 5 heterocycles. The van der Waals surface area contributed by atoms with Crippen molar-refractivity contribution in [2.45, 2.75) is 98.0 Å². The zero-order chi connectivity index (χ0) is 49.7. The third-order valence-electron chi connectivity index (χ3n) is 13.4. The molecule has 3 N–H and O–H groups in total. The van der Waals surface area contributed by atoms with Crippen molar-refractivity contribution in [1.82, 2.24) is 40.0 Å². The summed E-state index contributed by atoms with van der Waals surface area (Å²) in [4.78, 5) is 79.8. The second-order valence-corrected chi connectivity index (χ2v) is 20.1. The summed E-state index contributed by atoms with van der Waals surface area (Å²) >= 11 is 0. The summed E-state index contributed by atoms with van der Waals surface area (Å²) in [6, 6.07) is 12.5. The second-order valence-electron chi connectivity index (χ2n) is 20.1. The number of aromatic nitrogens is 2. The Balaban J connectivity index is 1.26. The molecular formula is C53H68N8O8. The zero-order valence-corrected chi connectivity index (χ0v) is 41.6. The van der Waals surface area contributed by atoms with E-state index < -0.39 is 47.2 Å². The third kappa shape index (κ3) is 11.4. The molecule has 0 unspecified atom stereocenters. The molecule has 0 saturated carbocycles. The first-order chi connectivity index (χ1) is 32.9. The molecule has 7 rings (SSSR count). The molecule has 2 aromatic carbocycles. The van der Waals surface area contributed by atoms with Crippen LogP contribution in [0.1, 0.15) is 70.7 Å². The molecule has 3 aliphatic heterocycles. The number of hydrogen-bond acceptors (Lipinski definition) is 11. The topological polar surface area (TPSA) is 179 Å². The monoisotopic (exact) mass is 945 g/mol. The van der Waals surface area contributed by atoms with Crippen LogP contribution in [-0.4, -0.2) is 143 Å². The van der Waals surface area contributed by atoms with Crippen LogP contribution in [0.4, 0.5) is 0 Å². The van der Waals surface area contributed by atoms with Crippen molar-refractivity contribution in [3.05, 3.63) is 71.5 Å². The number of nitrogens with zero attached hydrogens (tertiary/aromatic N) is 6. The Kier molecular flexibility index (Phi) is 15.8. The van der Waals surface area contributed by atoms with Crippen molar-refractivity contribution in [2.75, 3.05) is 61.0 Å². The van der Waals surface area contributed by atoms with E-state index in [-0.39, 0.29) is 49.6 Å². The van der Waals surface area contributed by atoms with Crippen molar-refractivity contribution in [2.24, 2.45) is 17.3 Å². The van der Waals surface area contributed by atoms with E-state index in [1.165, 1.54) is 9.91 Å². The molecule has 4 atom stereocenters. The number of rotatable bonds is 10. The lowest BCUT2D eigenvalue weighted by Crippen LogP contribution is -2.62. The maximum Gasteiger partial charge on any atom is 0.324 e. The normalized spacial score (nSPS) is 20.0. The lowest BCUT2D eigenvalue weighted by molar-refractivity contribution is -0.155. The summed E-state index contributed by atoms with van der Waals surface area (Å²) in [7, 11) is 6.96. The molecule has 6 bridgehead atoms. The first-order valence-corrected chi connectivity index (χ1v) is 24.0. The number of fused-ring (bicyclic) bond motifs is 6. The van der Waals surface area contributed by atoms with Gasteiger partial charge in [0.2, 0.25) is 11.8 Å². The maximum atomic E-state index is 14.8. The van der Waals surface area contributed by atoms with Gasteiger partial charge < -0.3 is 34.3 Å². The fourth-order valence-electron chi connectivity index (χ4n) is 10.0. The molecule has 2 fully saturated rings. The number of benzene rings is 2. The van der Waals surface area contributed by atoms with Gasteiger partial charge in [0.25, 0.3) is 11.8 Å². The SMILES string of the molecule is CCn1c(-c2cccnc2COC)c2c3cc(ccc31)-c1cc(O)cc(c1)C[C@H](NC(=O)[C@@H](C(C)C)N(C)C(=O)[C@H]1CCN(C(=O)C#CCN(C)C)C1)C(=O)N1CCC[C@H](N1)C(=O)OCC(C)(C)C2. The summed E-state index contributed by atoms with van der Waals surface area (Å²) in [5.41, 5.74) is 9.52. The zero-order valence-electron chi connectivity index (χ0n) is 41.6. The number of amides is 4. The summed E-state index contributed by atoms with van der Waals surface area (Å²) in [6.07, 6.45) is 3.66. The number of cyclic esters (lactones) is 1. The van der Waals surface area contributed by atoms with Crippen LogP contribution in [0.2, 0.25) is 0 Å². The Hall–Kier alpha value is -6.28. The van der Waals surface area contributed by atoms with Crippen LogP contribution >= 0.6 is 0 Å². The van der Waals surface area contributed by atoms with Gasteiger partial charge in [-0.25, -0.2) is 5.43 Å². The lowest BCUT2D eigenvalue weighted by atomic mass is 9.84. The van der Waals surface area contributed by atoms with Crippen molar-refractivity contribution in [3.8, 4) is 40.0 Å². The molecular weight excluding hydrogens is 877 g/mol. The highest BCUT2D eigenvalue weighted by atomic mass is 16.5. The first kappa shape index (κ1) is 50.6. The van der Waals surface area contributed by atoms with E-state index in [2.05, 4.69) is 66.1 Å². The number of ether oxygens (including phenoxy) is 2. The van der Waals surface area contributed by atoms with Crippen LogP contribution in [0, 0.1) is 29.1 Å². The first-order valence-electron chi connectivity index (χ1n) is 24.0. The average molecular weight is 945 g/mol. The molecule has 16 nitrogen and oxygen atoms in total. The van der Waals surface area contributed by atoms with Gasteiger partial charge in [-0.2, -0.15) is 0 Å². The molecule has 3 aliphatic rings. The Bertz CT molecular complexity index is 2650. The van der Waals surface area contributed by atoms with E-state index in [0.717, 1.165) is 39.0 Å². The fraction of sp³-hybridized carbons (Fsp3) is 0.509. The minimum atomic E-state index is -1.17. The number of carbonyl (C=O) groups excluding carboxylic acids is 5. The molecule has 2 aromatic heterocycles. The Morgan fingerprint density at radius 1 is 1.06 bits per heavy atom. The van der Waals surface area contributed by atoms with Gasteiger partial charge in [-0.15, -0.1) is 0 Å². The summed E-state index contributed by atoms with van der Waals surface area (Å²) in [5, 5.41) is 16.7. The number of pyridine rings is 1. The number of aromatic hydroxyl groups is 1. The number of phenolic OH excluding ortho intramolecular Hbond substituents is 1. The number of nitrogens with one attached hydrogen (secondary N) is 2. The average Bonchev–Trinajstić information content (AvgIpc) is 3.93. The number of esters is 1. The van der Waals surface area contributed by atoms with E-state index in [0.29, 0.717) is 63.1 Å². The van der Waals surface area contributed by atoms with E-state index >= 15 is 0 Å². The summed E-state index contributed by atoms with van der Waals surface area (Å²) in [5.74, 6) is 2.49. The van der Waals surface area contributed by atoms with Gasteiger partial charge in [0.05, 0.1) is 37.1 Å². The number of carbonyl (C=O) groups is 5. The number of aryl methyl sites for hydroxylation is 1. The van der Waals surface area contributed by atoms with E-state index in [9.17, 15) is 29.1 Å². The van der Waals surface area contributed by atoms with Crippen LogP contribution in [-0.2, 0) is 59.4 Å². The van der Waals surface area contributed by atoms with Gasteiger partial charge in [0.1, 0.15) is 23.9 Å². The van der Waals surface area contributed by atoms with Crippen LogP contribution in [0.3, 0.4) is 0 Å². The molecule has 0 spiro atoms. The Morgan fingerprint density at radius 3 is 2.57 bits per heavy atom. The number of likely N-dealkylation sites (N-methyl/N-ethyl adjacent to an activating group) is 1. The summed E-state index contributed by atoms with van der Waals surface area (Å²) < 4.78 is 14.0. The Morgan fingerprint density at radius 2 is 1.84 bits per heavy atom. The lowest BCUT2D eigenvalue weighted by Gasteiger charge is -2.37.